The first-order chi connectivity index (χ1) is 15.1. The van der Waals surface area contributed by atoms with Crippen molar-refractivity contribution < 1.29 is 23.8 Å². The second-order valence-corrected chi connectivity index (χ2v) is 7.44. The molecule has 2 aliphatic rings. The molecule has 2 aromatic rings. The highest BCUT2D eigenvalue weighted by Gasteiger charge is 2.27. The van der Waals surface area contributed by atoms with E-state index in [0.717, 1.165) is 31.5 Å². The van der Waals surface area contributed by atoms with Crippen LogP contribution >= 0.6 is 0 Å². The quantitative estimate of drug-likeness (QED) is 0.569. The summed E-state index contributed by atoms with van der Waals surface area (Å²) in [5.74, 6) is 1.40. The first-order valence-corrected chi connectivity index (χ1v) is 10.3. The standard InChI is InChI=1S/C23H25N3O5/c1-16(24-25-23(28)21-14-30-19-6-2-3-7-20(19)31-21)17-8-10-18(11-9-17)29-15-22(27)26-12-4-5-13-26/h2-3,6-11,21H,4-5,12-15H2,1H3,(H,25,28)/b24-16+. The van der Waals surface area contributed by atoms with Gasteiger partial charge in [0.15, 0.2) is 18.1 Å². The minimum absolute atomic E-state index is 0.0126. The van der Waals surface area contributed by atoms with Crippen LogP contribution in [0.25, 0.3) is 0 Å². The molecule has 31 heavy (non-hydrogen) atoms. The van der Waals surface area contributed by atoms with Crippen molar-refractivity contribution in [3.8, 4) is 17.2 Å². The average molecular weight is 423 g/mol. The fourth-order valence-electron chi connectivity index (χ4n) is 3.42. The van der Waals surface area contributed by atoms with E-state index in [-0.39, 0.29) is 25.0 Å². The third-order valence-corrected chi connectivity index (χ3v) is 5.23. The molecule has 1 fully saturated rings. The topological polar surface area (TPSA) is 89.5 Å². The van der Waals surface area contributed by atoms with Crippen LogP contribution in [0.3, 0.4) is 0 Å². The van der Waals surface area contributed by atoms with Crippen molar-refractivity contribution in [1.82, 2.24) is 10.3 Å². The van der Waals surface area contributed by atoms with E-state index in [4.69, 9.17) is 14.2 Å². The van der Waals surface area contributed by atoms with Crippen LogP contribution < -0.4 is 19.6 Å². The maximum Gasteiger partial charge on any atom is 0.284 e. The summed E-state index contributed by atoms with van der Waals surface area (Å²) >= 11 is 0. The molecule has 0 radical (unpaired) electrons. The Bertz CT molecular complexity index is 967. The number of fused-ring (bicyclic) bond motifs is 1. The molecule has 1 unspecified atom stereocenters. The zero-order valence-electron chi connectivity index (χ0n) is 17.4. The van der Waals surface area contributed by atoms with E-state index in [1.165, 1.54) is 0 Å². The van der Waals surface area contributed by atoms with Gasteiger partial charge in [0, 0.05) is 13.1 Å². The van der Waals surface area contributed by atoms with Gasteiger partial charge in [0.25, 0.3) is 11.8 Å². The van der Waals surface area contributed by atoms with Crippen molar-refractivity contribution in [3.05, 3.63) is 54.1 Å². The Hall–Kier alpha value is -3.55. The number of hydrogen-bond donors (Lipinski definition) is 1. The summed E-state index contributed by atoms with van der Waals surface area (Å²) in [7, 11) is 0. The predicted molar refractivity (Wildman–Crippen MR) is 114 cm³/mol. The van der Waals surface area contributed by atoms with E-state index >= 15 is 0 Å². The maximum absolute atomic E-state index is 12.4. The van der Waals surface area contributed by atoms with Crippen LogP contribution in [-0.4, -0.2) is 54.8 Å². The molecule has 2 aliphatic heterocycles. The minimum atomic E-state index is -0.768. The third kappa shape index (κ3) is 5.14. The van der Waals surface area contributed by atoms with Crippen molar-refractivity contribution in [2.75, 3.05) is 26.3 Å². The summed E-state index contributed by atoms with van der Waals surface area (Å²) in [6, 6.07) is 14.4. The number of benzene rings is 2. The van der Waals surface area contributed by atoms with Gasteiger partial charge in [-0.05, 0) is 61.7 Å². The normalized spacial score (nSPS) is 17.9. The summed E-state index contributed by atoms with van der Waals surface area (Å²) in [6.07, 6.45) is 1.35. The molecule has 1 saturated heterocycles. The van der Waals surface area contributed by atoms with Crippen molar-refractivity contribution >= 4 is 17.5 Å². The Morgan fingerprint density at radius 1 is 1.10 bits per heavy atom. The molecule has 0 bridgehead atoms. The summed E-state index contributed by atoms with van der Waals surface area (Å²) in [6.45, 7) is 3.58. The van der Waals surface area contributed by atoms with Crippen molar-refractivity contribution in [2.24, 2.45) is 5.10 Å². The van der Waals surface area contributed by atoms with E-state index in [9.17, 15) is 9.59 Å². The molecule has 0 spiro atoms. The van der Waals surface area contributed by atoms with Gasteiger partial charge >= 0.3 is 0 Å². The van der Waals surface area contributed by atoms with Gasteiger partial charge in [0.05, 0.1) is 5.71 Å². The van der Waals surface area contributed by atoms with Crippen LogP contribution in [0.1, 0.15) is 25.3 Å². The van der Waals surface area contributed by atoms with E-state index in [0.29, 0.717) is 23.0 Å². The van der Waals surface area contributed by atoms with Crippen LogP contribution in [0.5, 0.6) is 17.2 Å². The fraction of sp³-hybridized carbons (Fsp3) is 0.348. The number of nitrogens with zero attached hydrogens (tertiary/aromatic N) is 2. The highest BCUT2D eigenvalue weighted by atomic mass is 16.6. The summed E-state index contributed by atoms with van der Waals surface area (Å²) < 4.78 is 16.8. The molecule has 0 saturated carbocycles. The molecule has 1 N–H and O–H groups in total. The number of para-hydroxylation sites is 2. The van der Waals surface area contributed by atoms with Gasteiger partial charge in [-0.25, -0.2) is 5.43 Å². The molecule has 0 aromatic heterocycles. The Labute approximate surface area is 180 Å². The minimum Gasteiger partial charge on any atom is -0.485 e. The largest absolute Gasteiger partial charge is 0.485 e. The van der Waals surface area contributed by atoms with Crippen molar-refractivity contribution in [2.45, 2.75) is 25.9 Å². The molecule has 4 rings (SSSR count). The van der Waals surface area contributed by atoms with Gasteiger partial charge in [-0.2, -0.15) is 5.10 Å². The second-order valence-electron chi connectivity index (χ2n) is 7.44. The molecular weight excluding hydrogens is 398 g/mol. The first kappa shape index (κ1) is 20.7. The maximum atomic E-state index is 12.4. The van der Waals surface area contributed by atoms with Gasteiger partial charge in [0.2, 0.25) is 6.10 Å². The van der Waals surface area contributed by atoms with Crippen molar-refractivity contribution in [3.63, 3.8) is 0 Å². The number of likely N-dealkylation sites (tertiary alicyclic amines) is 1. The highest BCUT2D eigenvalue weighted by Crippen LogP contribution is 2.30. The summed E-state index contributed by atoms with van der Waals surface area (Å²) in [5, 5.41) is 4.16. The molecular formula is C23H25N3O5. The molecule has 2 heterocycles. The van der Waals surface area contributed by atoms with E-state index in [2.05, 4.69) is 10.5 Å². The molecule has 1 atom stereocenters. The number of carbonyl (C=O) groups is 2. The van der Waals surface area contributed by atoms with Crippen LogP contribution in [0.2, 0.25) is 0 Å². The summed E-state index contributed by atoms with van der Waals surface area (Å²) in [4.78, 5) is 26.3. The van der Waals surface area contributed by atoms with Gasteiger partial charge in [-0.15, -0.1) is 0 Å². The molecule has 8 heteroatoms. The molecule has 0 aliphatic carbocycles. The van der Waals surface area contributed by atoms with Gasteiger partial charge in [0.1, 0.15) is 12.4 Å². The lowest BCUT2D eigenvalue weighted by molar-refractivity contribution is -0.132. The number of amides is 2. The predicted octanol–water partition coefficient (Wildman–Crippen LogP) is 2.37. The Kier molecular flexibility index (Phi) is 6.35. The lowest BCUT2D eigenvalue weighted by atomic mass is 10.1. The first-order valence-electron chi connectivity index (χ1n) is 10.3. The van der Waals surface area contributed by atoms with Gasteiger partial charge in [-0.3, -0.25) is 9.59 Å². The molecule has 8 nitrogen and oxygen atoms in total. The lowest BCUT2D eigenvalue weighted by Crippen LogP contribution is -2.42. The van der Waals surface area contributed by atoms with Crippen LogP contribution in [0.4, 0.5) is 0 Å². The van der Waals surface area contributed by atoms with Crippen molar-refractivity contribution in [1.29, 1.82) is 0 Å². The van der Waals surface area contributed by atoms with Crippen LogP contribution in [0.15, 0.2) is 53.6 Å². The van der Waals surface area contributed by atoms with Crippen LogP contribution in [-0.2, 0) is 9.59 Å². The Morgan fingerprint density at radius 2 is 1.81 bits per heavy atom. The molecule has 2 amide bonds. The van der Waals surface area contributed by atoms with Crippen LogP contribution in [0, 0.1) is 0 Å². The number of hydrazone groups is 1. The third-order valence-electron chi connectivity index (χ3n) is 5.23. The SMILES string of the molecule is C/C(=N\NC(=O)C1COc2ccccc2O1)c1ccc(OCC(=O)N2CCCC2)cc1. The number of nitrogens with one attached hydrogen (secondary N) is 1. The zero-order valence-corrected chi connectivity index (χ0v) is 17.4. The number of ether oxygens (including phenoxy) is 3. The average Bonchev–Trinajstić information content (AvgIpc) is 3.36. The Morgan fingerprint density at radius 3 is 2.55 bits per heavy atom. The van der Waals surface area contributed by atoms with E-state index < -0.39 is 6.10 Å². The Balaban J connectivity index is 1.28. The fourth-order valence-corrected chi connectivity index (χ4v) is 3.42. The molecule has 162 valence electrons. The van der Waals surface area contributed by atoms with Gasteiger partial charge in [-0.1, -0.05) is 12.1 Å². The number of rotatable bonds is 6. The summed E-state index contributed by atoms with van der Waals surface area (Å²) in [5.41, 5.74) is 3.98. The zero-order chi connectivity index (χ0) is 21.6. The lowest BCUT2D eigenvalue weighted by Gasteiger charge is -2.24. The monoisotopic (exact) mass is 423 g/mol. The van der Waals surface area contributed by atoms with Gasteiger partial charge < -0.3 is 19.1 Å². The van der Waals surface area contributed by atoms with E-state index in [1.807, 2.05) is 29.2 Å². The number of hydrogen-bond acceptors (Lipinski definition) is 6. The smallest absolute Gasteiger partial charge is 0.284 e. The molecule has 2 aromatic carbocycles. The van der Waals surface area contributed by atoms with E-state index in [1.54, 1.807) is 31.2 Å². The number of carbonyl (C=O) groups excluding carboxylic acids is 2. The second kappa shape index (κ2) is 9.51. The highest BCUT2D eigenvalue weighted by molar-refractivity contribution is 5.99.